The third-order valence-corrected chi connectivity index (χ3v) is 1.96. The van der Waals surface area contributed by atoms with Gasteiger partial charge in [0, 0.05) is 0 Å². The van der Waals surface area contributed by atoms with Crippen LogP contribution >= 0.6 is 15.9 Å². The van der Waals surface area contributed by atoms with Gasteiger partial charge >= 0.3 is 6.09 Å². The summed E-state index contributed by atoms with van der Waals surface area (Å²) in [5, 5.41) is 11.2. The van der Waals surface area contributed by atoms with Crippen LogP contribution in [0.15, 0.2) is 16.7 Å². The fourth-order valence-corrected chi connectivity index (χ4v) is 1.47. The molecule has 1 aromatic heterocycles. The van der Waals surface area contributed by atoms with Gasteiger partial charge in [-0.1, -0.05) is 0 Å². The van der Waals surface area contributed by atoms with E-state index < -0.39 is 11.7 Å². The largest absolute Gasteiger partial charge is 0.444 e. The quantitative estimate of drug-likeness (QED) is 0.808. The number of nitriles is 1. The van der Waals surface area contributed by atoms with Gasteiger partial charge in [-0.25, -0.2) is 9.78 Å². The molecule has 1 aromatic rings. The first kappa shape index (κ1) is 13.5. The number of aromatic nitrogens is 1. The Labute approximate surface area is 108 Å². The molecule has 1 N–H and O–H groups in total. The lowest BCUT2D eigenvalue weighted by Crippen LogP contribution is -2.27. The van der Waals surface area contributed by atoms with Crippen molar-refractivity contribution in [2.45, 2.75) is 26.4 Å². The predicted octanol–water partition coefficient (Wildman–Crippen LogP) is 3.06. The molecule has 0 atom stereocenters. The van der Waals surface area contributed by atoms with Gasteiger partial charge in [-0.15, -0.1) is 0 Å². The highest BCUT2D eigenvalue weighted by Gasteiger charge is 2.16. The van der Waals surface area contributed by atoms with E-state index in [1.165, 1.54) is 6.07 Å². The summed E-state index contributed by atoms with van der Waals surface area (Å²) in [6.45, 7) is 5.30. The zero-order valence-corrected chi connectivity index (χ0v) is 11.3. The second kappa shape index (κ2) is 5.15. The van der Waals surface area contributed by atoms with Crippen LogP contribution in [0.5, 0.6) is 0 Å². The predicted molar refractivity (Wildman–Crippen MR) is 66.5 cm³/mol. The minimum Gasteiger partial charge on any atom is -0.444 e. The van der Waals surface area contributed by atoms with Gasteiger partial charge in [0.2, 0.25) is 0 Å². The van der Waals surface area contributed by atoms with Gasteiger partial charge in [0.1, 0.15) is 16.0 Å². The molecule has 0 aromatic carbocycles. The molecule has 0 bridgehead atoms. The Balaban J connectivity index is 2.79. The second-order valence-electron chi connectivity index (χ2n) is 4.30. The summed E-state index contributed by atoms with van der Waals surface area (Å²) in [6.07, 6.45) is -0.605. The highest BCUT2D eigenvalue weighted by Crippen LogP contribution is 2.15. The van der Waals surface area contributed by atoms with Crippen LogP contribution in [0.25, 0.3) is 0 Å². The average molecular weight is 298 g/mol. The number of carbonyl (C=O) groups is 1. The molecule has 6 heteroatoms. The number of carbonyl (C=O) groups excluding carboxylic acids is 1. The first-order valence-corrected chi connectivity index (χ1v) is 5.67. The molecule has 0 saturated carbocycles. The summed E-state index contributed by atoms with van der Waals surface area (Å²) in [4.78, 5) is 15.5. The van der Waals surface area contributed by atoms with E-state index in [2.05, 4.69) is 26.2 Å². The van der Waals surface area contributed by atoms with E-state index >= 15 is 0 Å². The molecule has 0 aliphatic carbocycles. The topological polar surface area (TPSA) is 75.0 Å². The summed E-state index contributed by atoms with van der Waals surface area (Å²) >= 11 is 3.15. The number of pyridine rings is 1. The molecular weight excluding hydrogens is 286 g/mol. The van der Waals surface area contributed by atoms with E-state index in [1.54, 1.807) is 26.8 Å². The molecule has 0 fully saturated rings. The van der Waals surface area contributed by atoms with Crippen LogP contribution in [0.3, 0.4) is 0 Å². The number of nitrogens with one attached hydrogen (secondary N) is 1. The van der Waals surface area contributed by atoms with Gasteiger partial charge in [0.25, 0.3) is 0 Å². The van der Waals surface area contributed by atoms with Crippen LogP contribution in [0.1, 0.15) is 26.3 Å². The van der Waals surface area contributed by atoms with Gasteiger partial charge < -0.3 is 4.74 Å². The zero-order chi connectivity index (χ0) is 13.1. The molecule has 1 heterocycles. The standard InChI is InChI=1S/C11H12BrN3O2/c1-11(2,3)17-10(16)15-9-5-7(6-13)4-8(12)14-9/h4-5H,1-3H3,(H,14,15,16). The Morgan fingerprint density at radius 1 is 1.53 bits per heavy atom. The fourth-order valence-electron chi connectivity index (χ4n) is 1.03. The maximum atomic E-state index is 11.5. The van der Waals surface area contributed by atoms with Crippen molar-refractivity contribution in [3.8, 4) is 6.07 Å². The van der Waals surface area contributed by atoms with Gasteiger partial charge in [-0.05, 0) is 48.8 Å². The van der Waals surface area contributed by atoms with E-state index in [-0.39, 0.29) is 5.82 Å². The molecule has 17 heavy (non-hydrogen) atoms. The minimum absolute atomic E-state index is 0.269. The van der Waals surface area contributed by atoms with Crippen molar-refractivity contribution in [1.82, 2.24) is 4.98 Å². The lowest BCUT2D eigenvalue weighted by atomic mass is 10.2. The third-order valence-electron chi connectivity index (χ3n) is 1.55. The van der Waals surface area contributed by atoms with E-state index in [0.717, 1.165) is 0 Å². The summed E-state index contributed by atoms with van der Waals surface area (Å²) in [5.74, 6) is 0.269. The van der Waals surface area contributed by atoms with Crippen molar-refractivity contribution < 1.29 is 9.53 Å². The highest BCUT2D eigenvalue weighted by atomic mass is 79.9. The Bertz CT molecular complexity index is 475. The maximum absolute atomic E-state index is 11.5. The Morgan fingerprint density at radius 2 is 2.18 bits per heavy atom. The van der Waals surface area contributed by atoms with Gasteiger partial charge in [0.05, 0.1) is 11.6 Å². The van der Waals surface area contributed by atoms with Crippen molar-refractivity contribution in [3.05, 3.63) is 22.3 Å². The van der Waals surface area contributed by atoms with Crippen molar-refractivity contribution in [2.24, 2.45) is 0 Å². The maximum Gasteiger partial charge on any atom is 0.413 e. The number of nitrogens with zero attached hydrogens (tertiary/aromatic N) is 2. The zero-order valence-electron chi connectivity index (χ0n) is 9.74. The first-order valence-electron chi connectivity index (χ1n) is 4.88. The van der Waals surface area contributed by atoms with Crippen LogP contribution in [-0.4, -0.2) is 16.7 Å². The molecule has 0 radical (unpaired) electrons. The number of amides is 1. The number of ether oxygens (including phenoxy) is 1. The number of rotatable bonds is 1. The third kappa shape index (κ3) is 4.83. The average Bonchev–Trinajstić information content (AvgIpc) is 2.13. The van der Waals surface area contributed by atoms with E-state index in [0.29, 0.717) is 10.2 Å². The van der Waals surface area contributed by atoms with Crippen LogP contribution in [0, 0.1) is 11.3 Å². The summed E-state index contributed by atoms with van der Waals surface area (Å²) in [6, 6.07) is 4.99. The van der Waals surface area contributed by atoms with Crippen molar-refractivity contribution in [2.75, 3.05) is 5.32 Å². The van der Waals surface area contributed by atoms with Gasteiger partial charge in [0.15, 0.2) is 0 Å². The van der Waals surface area contributed by atoms with Crippen LogP contribution in [0.2, 0.25) is 0 Å². The number of hydrogen-bond acceptors (Lipinski definition) is 4. The van der Waals surface area contributed by atoms with Crippen molar-refractivity contribution in [1.29, 1.82) is 5.26 Å². The number of hydrogen-bond donors (Lipinski definition) is 1. The number of anilines is 1. The summed E-state index contributed by atoms with van der Waals surface area (Å²) in [5.41, 5.74) is -0.174. The molecule has 5 nitrogen and oxygen atoms in total. The van der Waals surface area contributed by atoms with Crippen molar-refractivity contribution >= 4 is 27.8 Å². The lowest BCUT2D eigenvalue weighted by Gasteiger charge is -2.19. The molecule has 0 spiro atoms. The van der Waals surface area contributed by atoms with Gasteiger partial charge in [-0.2, -0.15) is 5.26 Å². The molecular formula is C11H12BrN3O2. The molecule has 0 aliphatic heterocycles. The highest BCUT2D eigenvalue weighted by molar-refractivity contribution is 9.10. The Kier molecular flexibility index (Phi) is 4.07. The second-order valence-corrected chi connectivity index (χ2v) is 5.11. The Hall–Kier alpha value is -1.61. The molecule has 1 rings (SSSR count). The summed E-state index contributed by atoms with van der Waals surface area (Å²) in [7, 11) is 0. The first-order chi connectivity index (χ1) is 7.80. The monoisotopic (exact) mass is 297 g/mol. The van der Waals surface area contributed by atoms with Crippen LogP contribution < -0.4 is 5.32 Å². The number of halogens is 1. The smallest absolute Gasteiger partial charge is 0.413 e. The van der Waals surface area contributed by atoms with E-state index in [1.807, 2.05) is 6.07 Å². The molecule has 1 amide bonds. The minimum atomic E-state index is -0.605. The van der Waals surface area contributed by atoms with Crippen molar-refractivity contribution in [3.63, 3.8) is 0 Å². The fraction of sp³-hybridized carbons (Fsp3) is 0.364. The molecule has 0 saturated heterocycles. The van der Waals surface area contributed by atoms with Gasteiger partial charge in [-0.3, -0.25) is 5.32 Å². The lowest BCUT2D eigenvalue weighted by molar-refractivity contribution is 0.0635. The summed E-state index contributed by atoms with van der Waals surface area (Å²) < 4.78 is 5.54. The van der Waals surface area contributed by atoms with Crippen LogP contribution in [-0.2, 0) is 4.74 Å². The van der Waals surface area contributed by atoms with E-state index in [4.69, 9.17) is 10.00 Å². The van der Waals surface area contributed by atoms with E-state index in [9.17, 15) is 4.79 Å². The molecule has 0 unspecified atom stereocenters. The SMILES string of the molecule is CC(C)(C)OC(=O)Nc1cc(C#N)cc(Br)n1. The van der Waals surface area contributed by atoms with Crippen LogP contribution in [0.4, 0.5) is 10.6 Å². The molecule has 0 aliphatic rings. The Morgan fingerprint density at radius 3 is 2.71 bits per heavy atom. The normalized spacial score (nSPS) is 10.5. The molecule has 90 valence electrons.